The fourth-order valence-corrected chi connectivity index (χ4v) is 5.66. The lowest BCUT2D eigenvalue weighted by atomic mass is 10.1. The first-order valence-corrected chi connectivity index (χ1v) is 11.7. The number of anilines is 2. The second kappa shape index (κ2) is 8.76. The first kappa shape index (κ1) is 22.0. The molecule has 0 aromatic heterocycles. The summed E-state index contributed by atoms with van der Waals surface area (Å²) in [7, 11) is -4.16. The van der Waals surface area contributed by atoms with Crippen molar-refractivity contribution in [3.63, 3.8) is 0 Å². The number of nitrogens with zero attached hydrogens (tertiary/aromatic N) is 2. The first-order chi connectivity index (χ1) is 15.3. The number of amides is 1. The molecule has 0 atom stereocenters. The van der Waals surface area contributed by atoms with Crippen LogP contribution in [0.1, 0.15) is 15.9 Å². The Kier molecular flexibility index (Phi) is 6.04. The Labute approximate surface area is 191 Å². The van der Waals surface area contributed by atoms with E-state index in [-0.39, 0.29) is 33.6 Å². The molecule has 0 radical (unpaired) electrons. The molecule has 0 bridgehead atoms. The van der Waals surface area contributed by atoms with E-state index < -0.39 is 15.8 Å². The zero-order valence-electron chi connectivity index (χ0n) is 17.0. The van der Waals surface area contributed by atoms with E-state index in [1.54, 1.807) is 4.90 Å². The summed E-state index contributed by atoms with van der Waals surface area (Å²) < 4.78 is 41.4. The predicted octanol–water partition coefficient (Wildman–Crippen LogP) is 5.06. The maximum absolute atomic E-state index is 13.5. The highest BCUT2D eigenvalue weighted by Gasteiger charge is 2.30. The molecule has 0 N–H and O–H groups in total. The quantitative estimate of drug-likeness (QED) is 0.473. The van der Waals surface area contributed by atoms with Gasteiger partial charge in [-0.1, -0.05) is 35.9 Å². The molecule has 0 aliphatic carbocycles. The zero-order valence-corrected chi connectivity index (χ0v) is 18.6. The lowest BCUT2D eigenvalue weighted by molar-refractivity contribution is 0.0989. The average molecular weight is 471 g/mol. The van der Waals surface area contributed by atoms with Gasteiger partial charge in [-0.05, 0) is 60.5 Å². The minimum atomic E-state index is -4.16. The van der Waals surface area contributed by atoms with Crippen LogP contribution in [0.15, 0.2) is 84.3 Å². The molecular formula is C24H20ClFN2O3S. The molecule has 0 spiro atoms. The molecule has 164 valence electrons. The van der Waals surface area contributed by atoms with Crippen molar-refractivity contribution in [1.29, 1.82) is 0 Å². The maximum Gasteiger partial charge on any atom is 0.266 e. The minimum absolute atomic E-state index is 0.0143. The SMILES string of the molecule is C=CCN(c1ccc(F)cc1)S(=O)(=O)c1cc(C(=O)N2CCc3ccccc32)ccc1Cl. The lowest BCUT2D eigenvalue weighted by Crippen LogP contribution is -2.32. The van der Waals surface area contributed by atoms with Crippen molar-refractivity contribution in [2.24, 2.45) is 0 Å². The molecule has 0 saturated heterocycles. The minimum Gasteiger partial charge on any atom is -0.308 e. The van der Waals surface area contributed by atoms with Gasteiger partial charge in [0, 0.05) is 17.8 Å². The number of benzene rings is 3. The second-order valence-electron chi connectivity index (χ2n) is 7.28. The molecule has 32 heavy (non-hydrogen) atoms. The van der Waals surface area contributed by atoms with Crippen molar-refractivity contribution in [2.75, 3.05) is 22.3 Å². The summed E-state index contributed by atoms with van der Waals surface area (Å²) in [5.41, 5.74) is 2.35. The number of carbonyl (C=O) groups is 1. The van der Waals surface area contributed by atoms with Crippen molar-refractivity contribution >= 4 is 38.9 Å². The Hall–Kier alpha value is -3.16. The number of sulfonamides is 1. The molecule has 3 aromatic rings. The van der Waals surface area contributed by atoms with Crippen LogP contribution in [-0.4, -0.2) is 27.4 Å². The van der Waals surface area contributed by atoms with Crippen molar-refractivity contribution in [1.82, 2.24) is 0 Å². The number of carbonyl (C=O) groups excluding carboxylic acids is 1. The van der Waals surface area contributed by atoms with E-state index in [1.165, 1.54) is 48.5 Å². The van der Waals surface area contributed by atoms with Crippen LogP contribution in [-0.2, 0) is 16.4 Å². The fourth-order valence-electron chi connectivity index (χ4n) is 3.72. The third-order valence-corrected chi connectivity index (χ3v) is 7.56. The van der Waals surface area contributed by atoms with E-state index in [9.17, 15) is 17.6 Å². The fraction of sp³-hybridized carbons (Fsp3) is 0.125. The maximum atomic E-state index is 13.5. The Morgan fingerprint density at radius 3 is 2.56 bits per heavy atom. The smallest absolute Gasteiger partial charge is 0.266 e. The predicted molar refractivity (Wildman–Crippen MR) is 124 cm³/mol. The summed E-state index contributed by atoms with van der Waals surface area (Å²) in [6.07, 6.45) is 2.16. The van der Waals surface area contributed by atoms with E-state index >= 15 is 0 Å². The molecule has 0 fully saturated rings. The van der Waals surface area contributed by atoms with E-state index in [0.717, 1.165) is 22.0 Å². The first-order valence-electron chi connectivity index (χ1n) is 9.91. The van der Waals surface area contributed by atoms with Crippen LogP contribution in [0.25, 0.3) is 0 Å². The van der Waals surface area contributed by atoms with Crippen molar-refractivity contribution in [3.05, 3.63) is 101 Å². The summed E-state index contributed by atoms with van der Waals surface area (Å²) in [5.74, 6) is -0.790. The normalized spacial score (nSPS) is 13.0. The molecule has 1 aliphatic rings. The van der Waals surface area contributed by atoms with Gasteiger partial charge in [-0.3, -0.25) is 9.10 Å². The highest BCUT2D eigenvalue weighted by molar-refractivity contribution is 7.93. The molecular weight excluding hydrogens is 451 g/mol. The van der Waals surface area contributed by atoms with E-state index in [0.29, 0.717) is 6.54 Å². The van der Waals surface area contributed by atoms with Crippen molar-refractivity contribution in [3.8, 4) is 0 Å². The Morgan fingerprint density at radius 1 is 1.12 bits per heavy atom. The van der Waals surface area contributed by atoms with Crippen LogP contribution in [0, 0.1) is 5.82 Å². The number of fused-ring (bicyclic) bond motifs is 1. The molecule has 5 nitrogen and oxygen atoms in total. The highest BCUT2D eigenvalue weighted by Crippen LogP contribution is 2.32. The van der Waals surface area contributed by atoms with Crippen LogP contribution in [0.4, 0.5) is 15.8 Å². The number of halogens is 2. The Balaban J connectivity index is 1.73. The van der Waals surface area contributed by atoms with Gasteiger partial charge in [0.2, 0.25) is 0 Å². The van der Waals surface area contributed by atoms with E-state index in [4.69, 9.17) is 11.6 Å². The molecule has 0 unspecified atom stereocenters. The van der Waals surface area contributed by atoms with Gasteiger partial charge >= 0.3 is 0 Å². The molecule has 4 rings (SSSR count). The number of rotatable bonds is 6. The van der Waals surface area contributed by atoms with Gasteiger partial charge in [0.1, 0.15) is 10.7 Å². The standard InChI is InChI=1S/C24H20ClFN2O3S/c1-2-14-28(20-10-8-19(26)9-11-20)32(30,31)23-16-18(7-12-21(23)25)24(29)27-15-13-17-5-3-4-6-22(17)27/h2-12,16H,1,13-15H2. The van der Waals surface area contributed by atoms with Crippen molar-refractivity contribution in [2.45, 2.75) is 11.3 Å². The molecule has 1 aliphatic heterocycles. The van der Waals surface area contributed by atoms with Gasteiger partial charge < -0.3 is 4.90 Å². The molecule has 1 heterocycles. The van der Waals surface area contributed by atoms with Gasteiger partial charge in [-0.25, -0.2) is 12.8 Å². The van der Waals surface area contributed by atoms with Gasteiger partial charge in [-0.15, -0.1) is 6.58 Å². The third kappa shape index (κ3) is 4.01. The van der Waals surface area contributed by atoms with Gasteiger partial charge in [0.25, 0.3) is 15.9 Å². The van der Waals surface area contributed by atoms with Crippen LogP contribution in [0.3, 0.4) is 0 Å². The number of hydrogen-bond donors (Lipinski definition) is 0. The topological polar surface area (TPSA) is 57.7 Å². The van der Waals surface area contributed by atoms with Crippen LogP contribution in [0.2, 0.25) is 5.02 Å². The summed E-state index contributed by atoms with van der Waals surface area (Å²) in [6, 6.07) is 16.9. The Morgan fingerprint density at radius 2 is 1.84 bits per heavy atom. The van der Waals surface area contributed by atoms with Crippen molar-refractivity contribution < 1.29 is 17.6 Å². The molecule has 0 saturated carbocycles. The zero-order chi connectivity index (χ0) is 22.9. The van der Waals surface area contributed by atoms with Gasteiger partial charge in [0.05, 0.1) is 17.3 Å². The van der Waals surface area contributed by atoms with Crippen LogP contribution < -0.4 is 9.21 Å². The monoisotopic (exact) mass is 470 g/mol. The molecule has 1 amide bonds. The van der Waals surface area contributed by atoms with E-state index in [2.05, 4.69) is 6.58 Å². The summed E-state index contributed by atoms with van der Waals surface area (Å²) in [6.45, 7) is 4.08. The van der Waals surface area contributed by atoms with E-state index in [1.807, 2.05) is 24.3 Å². The summed E-state index contributed by atoms with van der Waals surface area (Å²) >= 11 is 6.27. The largest absolute Gasteiger partial charge is 0.308 e. The van der Waals surface area contributed by atoms with Gasteiger partial charge in [0.15, 0.2) is 0 Å². The third-order valence-electron chi connectivity index (χ3n) is 5.29. The second-order valence-corrected chi connectivity index (χ2v) is 9.52. The number of para-hydroxylation sites is 1. The summed E-state index contributed by atoms with van der Waals surface area (Å²) in [4.78, 5) is 14.7. The average Bonchev–Trinajstić information content (AvgIpc) is 3.22. The Bertz CT molecular complexity index is 1290. The lowest BCUT2D eigenvalue weighted by Gasteiger charge is -2.24. The van der Waals surface area contributed by atoms with Crippen LogP contribution >= 0.6 is 11.6 Å². The highest BCUT2D eigenvalue weighted by atomic mass is 35.5. The molecule has 3 aromatic carbocycles. The number of hydrogen-bond acceptors (Lipinski definition) is 3. The van der Waals surface area contributed by atoms with Crippen LogP contribution in [0.5, 0.6) is 0 Å². The van der Waals surface area contributed by atoms with Gasteiger partial charge in [-0.2, -0.15) is 0 Å². The summed E-state index contributed by atoms with van der Waals surface area (Å²) in [5, 5.41) is -0.0143. The molecule has 8 heteroatoms.